The van der Waals surface area contributed by atoms with Gasteiger partial charge in [-0.3, -0.25) is 0 Å². The molecule has 2 atom stereocenters. The number of amides is 1. The summed E-state index contributed by atoms with van der Waals surface area (Å²) < 4.78 is 19.0. The highest BCUT2D eigenvalue weighted by atomic mass is 127. The van der Waals surface area contributed by atoms with E-state index in [-0.39, 0.29) is 17.6 Å². The Morgan fingerprint density at radius 1 is 1.10 bits per heavy atom. The van der Waals surface area contributed by atoms with E-state index in [0.29, 0.717) is 13.1 Å². The van der Waals surface area contributed by atoms with Crippen LogP contribution < -0.4 is 9.47 Å². The summed E-state index contributed by atoms with van der Waals surface area (Å²) in [5.41, 5.74) is 1.26. The average molecular weight is 527 g/mol. The molecule has 1 aromatic carbocycles. The van der Waals surface area contributed by atoms with Crippen molar-refractivity contribution in [1.82, 2.24) is 12.9 Å². The molecule has 0 N–H and O–H groups in total. The molecule has 7 nitrogen and oxygen atoms in total. The third kappa shape index (κ3) is 4.01. The van der Waals surface area contributed by atoms with Gasteiger partial charge >= 0.3 is 6.09 Å². The number of methoxy groups -OCH3 is 2. The summed E-state index contributed by atoms with van der Waals surface area (Å²) in [5, 5.41) is 0. The third-order valence-corrected chi connectivity index (χ3v) is 7.79. The van der Waals surface area contributed by atoms with E-state index in [4.69, 9.17) is 14.2 Å². The lowest BCUT2D eigenvalue weighted by molar-refractivity contribution is 0.103. The fraction of sp³-hybridized carbons (Fsp3) is 0.591. The van der Waals surface area contributed by atoms with E-state index < -0.39 is 0 Å². The lowest BCUT2D eigenvalue weighted by Crippen LogP contribution is -2.46. The molecule has 0 bridgehead atoms. The van der Waals surface area contributed by atoms with Crippen LogP contribution in [0.15, 0.2) is 30.0 Å². The van der Waals surface area contributed by atoms with E-state index >= 15 is 0 Å². The van der Waals surface area contributed by atoms with Crippen molar-refractivity contribution in [1.29, 1.82) is 0 Å². The van der Waals surface area contributed by atoms with Crippen LogP contribution in [-0.4, -0.2) is 79.0 Å². The van der Waals surface area contributed by atoms with Crippen molar-refractivity contribution >= 4 is 29.0 Å². The van der Waals surface area contributed by atoms with Gasteiger partial charge < -0.3 is 24.0 Å². The minimum atomic E-state index is -0.218. The maximum atomic E-state index is 12.6. The molecule has 1 aliphatic carbocycles. The smallest absolute Gasteiger partial charge is 0.414 e. The second kappa shape index (κ2) is 8.92. The van der Waals surface area contributed by atoms with Gasteiger partial charge in [-0.1, -0.05) is 6.07 Å². The zero-order valence-electron chi connectivity index (χ0n) is 17.9. The van der Waals surface area contributed by atoms with E-state index in [0.717, 1.165) is 56.2 Å². The Balaban J connectivity index is 1.53. The number of likely N-dealkylation sites (N-methyl/N-ethyl adjacent to an activating group) is 1. The van der Waals surface area contributed by atoms with Crippen LogP contribution in [-0.2, 0) is 10.2 Å². The number of hydrogen-bond acceptors (Lipinski definition) is 6. The van der Waals surface area contributed by atoms with Crippen LogP contribution in [0.25, 0.3) is 0 Å². The van der Waals surface area contributed by atoms with Crippen molar-refractivity contribution in [3.8, 4) is 11.5 Å². The molecule has 4 rings (SSSR count). The van der Waals surface area contributed by atoms with Gasteiger partial charge in [-0.2, -0.15) is 0 Å². The summed E-state index contributed by atoms with van der Waals surface area (Å²) in [5.74, 6) is 2.30. The maximum Gasteiger partial charge on any atom is 0.414 e. The van der Waals surface area contributed by atoms with Crippen LogP contribution in [0.2, 0.25) is 0 Å². The maximum absolute atomic E-state index is 12.6. The molecule has 2 aliphatic heterocycles. The molecule has 30 heavy (non-hydrogen) atoms. The van der Waals surface area contributed by atoms with Crippen LogP contribution in [0, 0.1) is 0 Å². The van der Waals surface area contributed by atoms with Gasteiger partial charge in [0.1, 0.15) is 5.76 Å². The molecular formula is C22H30IN3O4. The van der Waals surface area contributed by atoms with Crippen LogP contribution in [0.1, 0.15) is 24.8 Å². The molecule has 2 saturated heterocycles. The topological polar surface area (TPSA) is 54.5 Å². The van der Waals surface area contributed by atoms with E-state index in [1.165, 1.54) is 5.56 Å². The number of hydrogen-bond donors (Lipinski definition) is 0. The van der Waals surface area contributed by atoms with Gasteiger partial charge in [-0.15, -0.1) is 0 Å². The predicted molar refractivity (Wildman–Crippen MR) is 123 cm³/mol. The number of rotatable bonds is 4. The van der Waals surface area contributed by atoms with Crippen molar-refractivity contribution < 1.29 is 19.0 Å². The Kier molecular flexibility index (Phi) is 6.45. The van der Waals surface area contributed by atoms with Gasteiger partial charge in [0.2, 0.25) is 0 Å². The molecule has 0 saturated carbocycles. The Hall–Kier alpha value is -1.52. The number of nitrogens with zero attached hydrogens (tertiary/aromatic N) is 3. The largest absolute Gasteiger partial charge is 0.493 e. The molecule has 164 valence electrons. The molecule has 8 heteroatoms. The number of benzene rings is 1. The summed E-state index contributed by atoms with van der Waals surface area (Å²) in [6, 6.07) is 6.54. The van der Waals surface area contributed by atoms with Crippen molar-refractivity contribution in [2.45, 2.75) is 30.7 Å². The van der Waals surface area contributed by atoms with Crippen LogP contribution in [0.4, 0.5) is 4.79 Å². The normalized spacial score (nSPS) is 27.4. The van der Waals surface area contributed by atoms with Crippen LogP contribution in [0.5, 0.6) is 11.5 Å². The highest BCUT2D eigenvalue weighted by Gasteiger charge is 2.49. The SMILES string of the molecule is COc1ccc([C@@]23CC=C(OC(=O)N4CCN(I)CC4)C[C@@H]2N(C)CC3)cc1OC. The predicted octanol–water partition coefficient (Wildman–Crippen LogP) is 3.43. The molecular weight excluding hydrogens is 497 g/mol. The minimum Gasteiger partial charge on any atom is -0.493 e. The van der Waals surface area contributed by atoms with Crippen molar-refractivity contribution in [3.63, 3.8) is 0 Å². The van der Waals surface area contributed by atoms with Crippen LogP contribution >= 0.6 is 22.9 Å². The first-order valence-corrected chi connectivity index (χ1v) is 11.4. The third-order valence-electron chi connectivity index (χ3n) is 6.83. The molecule has 0 unspecified atom stereocenters. The van der Waals surface area contributed by atoms with Gasteiger partial charge in [0, 0.05) is 66.9 Å². The fourth-order valence-corrected chi connectivity index (χ4v) is 5.44. The van der Waals surface area contributed by atoms with Gasteiger partial charge in [0.25, 0.3) is 0 Å². The summed E-state index contributed by atoms with van der Waals surface area (Å²) in [4.78, 5) is 16.9. The first kappa shape index (κ1) is 21.7. The molecule has 1 amide bonds. The molecule has 0 aromatic heterocycles. The summed E-state index contributed by atoms with van der Waals surface area (Å²) in [6.07, 6.45) is 4.56. The van der Waals surface area contributed by atoms with E-state index in [1.807, 2.05) is 11.0 Å². The number of carbonyl (C=O) groups is 1. The van der Waals surface area contributed by atoms with Crippen molar-refractivity contribution in [2.24, 2.45) is 0 Å². The molecule has 1 aromatic rings. The van der Waals surface area contributed by atoms with Gasteiger partial charge in [0.15, 0.2) is 11.5 Å². The van der Waals surface area contributed by atoms with Crippen LogP contribution in [0.3, 0.4) is 0 Å². The fourth-order valence-electron chi connectivity index (χ4n) is 5.00. The summed E-state index contributed by atoms with van der Waals surface area (Å²) in [7, 11) is 5.50. The molecule has 3 aliphatic rings. The number of ether oxygens (including phenoxy) is 3. The Labute approximate surface area is 192 Å². The van der Waals surface area contributed by atoms with Gasteiger partial charge in [0.05, 0.1) is 14.2 Å². The van der Waals surface area contributed by atoms with Gasteiger partial charge in [-0.25, -0.2) is 7.91 Å². The summed E-state index contributed by atoms with van der Waals surface area (Å²) in [6.45, 7) is 4.21. The van der Waals surface area contributed by atoms with Gasteiger partial charge in [-0.05, 0) is 50.2 Å². The lowest BCUT2D eigenvalue weighted by atomic mass is 9.68. The summed E-state index contributed by atoms with van der Waals surface area (Å²) >= 11 is 2.30. The number of fused-ring (bicyclic) bond motifs is 1. The average Bonchev–Trinajstić information content (AvgIpc) is 3.11. The Bertz CT molecular complexity index is 825. The van der Waals surface area contributed by atoms with E-state index in [9.17, 15) is 4.79 Å². The number of likely N-dealkylation sites (tertiary alicyclic amines) is 1. The molecule has 2 fully saturated rings. The zero-order chi connectivity index (χ0) is 21.3. The minimum absolute atomic E-state index is 0.00293. The highest BCUT2D eigenvalue weighted by molar-refractivity contribution is 14.1. The Morgan fingerprint density at radius 2 is 1.83 bits per heavy atom. The van der Waals surface area contributed by atoms with E-state index in [2.05, 4.69) is 56.1 Å². The monoisotopic (exact) mass is 527 g/mol. The highest BCUT2D eigenvalue weighted by Crippen LogP contribution is 2.49. The lowest BCUT2D eigenvalue weighted by Gasteiger charge is -2.41. The molecule has 2 heterocycles. The number of piperazine rings is 1. The second-order valence-electron chi connectivity index (χ2n) is 8.32. The molecule has 0 radical (unpaired) electrons. The van der Waals surface area contributed by atoms with Crippen molar-refractivity contribution in [2.75, 3.05) is 54.0 Å². The zero-order valence-corrected chi connectivity index (χ0v) is 20.1. The first-order chi connectivity index (χ1) is 14.5. The van der Waals surface area contributed by atoms with E-state index in [1.54, 1.807) is 14.2 Å². The Morgan fingerprint density at radius 3 is 2.53 bits per heavy atom. The standard InChI is InChI=1S/C22H30IN3O4/c1-24-9-8-22(16-4-5-18(28-2)19(14-16)29-3)7-6-17(15-20(22)24)30-21(27)25-10-12-26(23)13-11-25/h4-6,14,20H,7-13,15H2,1-3H3/t20-,22-/m0/s1. The van der Waals surface area contributed by atoms with Crippen molar-refractivity contribution in [3.05, 3.63) is 35.6 Å². The second-order valence-corrected chi connectivity index (χ2v) is 9.68. The number of halogens is 1. The number of carbonyl (C=O) groups excluding carboxylic acids is 1. The molecule has 0 spiro atoms. The quantitative estimate of drug-likeness (QED) is 0.442. The number of allylic oxidation sites excluding steroid dienone is 1. The first-order valence-electron chi connectivity index (χ1n) is 10.5.